The minimum atomic E-state index is -1.30. The van der Waals surface area contributed by atoms with Crippen LogP contribution in [0.25, 0.3) is 0 Å². The summed E-state index contributed by atoms with van der Waals surface area (Å²) in [5, 5.41) is 23.7. The molecule has 51 heavy (non-hydrogen) atoms. The molecule has 2 N–H and O–H groups in total. The zero-order chi connectivity index (χ0) is 36.9. The van der Waals surface area contributed by atoms with Crippen LogP contribution in [0.3, 0.4) is 0 Å². The zero-order valence-electron chi connectivity index (χ0n) is 30.4. The molecule has 2 bridgehead atoms. The lowest BCUT2D eigenvalue weighted by atomic mass is 9.64. The molecule has 3 aliphatic carbocycles. The Hall–Kier alpha value is -4.08. The molecule has 1 amide bonds. The third-order valence-electron chi connectivity index (χ3n) is 11.2. The van der Waals surface area contributed by atoms with Gasteiger partial charge in [0.2, 0.25) is 5.91 Å². The quantitative estimate of drug-likeness (QED) is 0.166. The Labute approximate surface area is 300 Å². The van der Waals surface area contributed by atoms with E-state index in [0.29, 0.717) is 75.0 Å². The Balaban J connectivity index is 1.55. The molecule has 0 heterocycles. The molecule has 0 aromatic heterocycles. The maximum absolute atomic E-state index is 14.4. The molecule has 3 aromatic carbocycles. The van der Waals surface area contributed by atoms with Crippen molar-refractivity contribution in [2.45, 2.75) is 96.2 Å². The van der Waals surface area contributed by atoms with E-state index < -0.39 is 34.5 Å². The lowest BCUT2D eigenvalue weighted by Crippen LogP contribution is -2.54. The lowest BCUT2D eigenvalue weighted by Gasteiger charge is -2.46. The van der Waals surface area contributed by atoms with Crippen LogP contribution >= 0.6 is 0 Å². The summed E-state index contributed by atoms with van der Waals surface area (Å²) in [7, 11) is 3.11. The molecule has 0 saturated heterocycles. The molecule has 6 rings (SSSR count). The SMILES string of the molecule is CCCN(CC1(O)CCC2c3ccc(cc3C(=O)c3ccc(F)c(F)c3)CC(O)CCC(C)=CCCC21C)C(=O)Cc1ccc(OC)c(OC)c1. The van der Waals surface area contributed by atoms with Crippen LogP contribution < -0.4 is 9.47 Å². The van der Waals surface area contributed by atoms with Gasteiger partial charge >= 0.3 is 0 Å². The van der Waals surface area contributed by atoms with E-state index in [9.17, 15) is 28.6 Å². The number of allylic oxidation sites excluding steroid dienone is 2. The predicted octanol–water partition coefficient (Wildman–Crippen LogP) is 7.73. The van der Waals surface area contributed by atoms with Crippen molar-refractivity contribution in [1.82, 2.24) is 4.90 Å². The third-order valence-corrected chi connectivity index (χ3v) is 11.2. The van der Waals surface area contributed by atoms with Gasteiger partial charge in [-0.25, -0.2) is 8.78 Å². The molecule has 0 radical (unpaired) electrons. The summed E-state index contributed by atoms with van der Waals surface area (Å²) in [4.78, 5) is 29.9. The molecule has 1 saturated carbocycles. The lowest BCUT2D eigenvalue weighted by molar-refractivity contribution is -0.139. The van der Waals surface area contributed by atoms with Crippen LogP contribution in [0.1, 0.15) is 104 Å². The average molecular weight is 704 g/mol. The number of ether oxygens (including phenoxy) is 2. The molecule has 274 valence electrons. The number of carbonyl (C=O) groups excluding carboxylic acids is 2. The Kier molecular flexibility index (Phi) is 12.0. The van der Waals surface area contributed by atoms with Crippen LogP contribution in [0.15, 0.2) is 66.2 Å². The number of ketones is 1. The van der Waals surface area contributed by atoms with E-state index >= 15 is 0 Å². The number of methoxy groups -OCH3 is 2. The van der Waals surface area contributed by atoms with Crippen LogP contribution in [0.5, 0.6) is 11.5 Å². The van der Waals surface area contributed by atoms with Crippen molar-refractivity contribution in [3.8, 4) is 11.5 Å². The number of carbonyl (C=O) groups is 2. The number of halogens is 2. The Morgan fingerprint density at radius 2 is 1.73 bits per heavy atom. The number of aliphatic hydroxyl groups excluding tert-OH is 1. The van der Waals surface area contributed by atoms with Gasteiger partial charge in [-0.1, -0.05) is 43.7 Å². The Morgan fingerprint density at radius 3 is 2.43 bits per heavy atom. The molecule has 3 aliphatic rings. The smallest absolute Gasteiger partial charge is 0.227 e. The van der Waals surface area contributed by atoms with E-state index in [4.69, 9.17) is 9.47 Å². The van der Waals surface area contributed by atoms with Crippen molar-refractivity contribution < 1.29 is 38.1 Å². The summed E-state index contributed by atoms with van der Waals surface area (Å²) in [5.41, 5.74) is 1.73. The second-order valence-electron chi connectivity index (χ2n) is 14.6. The number of fused-ring (bicyclic) bond motifs is 8. The van der Waals surface area contributed by atoms with Crippen molar-refractivity contribution in [1.29, 1.82) is 0 Å². The van der Waals surface area contributed by atoms with Crippen molar-refractivity contribution in [2.24, 2.45) is 5.41 Å². The third kappa shape index (κ3) is 8.20. The number of amides is 1. The highest BCUT2D eigenvalue weighted by Gasteiger charge is 2.57. The average Bonchev–Trinajstić information content (AvgIpc) is 3.36. The van der Waals surface area contributed by atoms with E-state index in [1.807, 2.05) is 25.1 Å². The van der Waals surface area contributed by atoms with Gasteiger partial charge in [-0.3, -0.25) is 9.59 Å². The van der Waals surface area contributed by atoms with Crippen molar-refractivity contribution in [3.05, 3.63) is 106 Å². The predicted molar refractivity (Wildman–Crippen MR) is 193 cm³/mol. The zero-order valence-corrected chi connectivity index (χ0v) is 30.4. The topological polar surface area (TPSA) is 96.3 Å². The Morgan fingerprint density at radius 1 is 0.961 bits per heavy atom. The first-order valence-electron chi connectivity index (χ1n) is 18.0. The fraction of sp³-hybridized carbons (Fsp3) is 0.476. The summed E-state index contributed by atoms with van der Waals surface area (Å²) in [5.74, 6) is -1.88. The fourth-order valence-electron chi connectivity index (χ4n) is 8.14. The highest BCUT2D eigenvalue weighted by atomic mass is 19.2. The van der Waals surface area contributed by atoms with Gasteiger partial charge in [-0.15, -0.1) is 0 Å². The standard InChI is InChI=1S/C42H51F2NO6/c1-6-20-45(39(47)24-29-11-16-37(50-4)38(23-29)51-5)26-42(49)19-17-34-32-14-10-28(21-31(46)13-9-27(2)8-7-18-41(34,42)3)22-33(32)40(48)30-12-15-35(43)36(44)25-30/h8,10-12,14-16,22-23,25,31,34,46,49H,6-7,9,13,17-21,24,26H2,1-5H3. The van der Waals surface area contributed by atoms with Crippen LogP contribution in [0.2, 0.25) is 0 Å². The first-order valence-corrected chi connectivity index (χ1v) is 18.0. The van der Waals surface area contributed by atoms with E-state index in [1.54, 1.807) is 37.3 Å². The number of aliphatic hydroxyl groups is 2. The van der Waals surface area contributed by atoms with E-state index in [-0.39, 0.29) is 30.4 Å². The normalized spacial score (nSPS) is 23.6. The van der Waals surface area contributed by atoms with Crippen LogP contribution in [0, 0.1) is 17.0 Å². The summed E-state index contributed by atoms with van der Waals surface area (Å²) >= 11 is 0. The largest absolute Gasteiger partial charge is 0.493 e. The first kappa shape index (κ1) is 38.2. The molecule has 7 nitrogen and oxygen atoms in total. The number of rotatable bonds is 10. The van der Waals surface area contributed by atoms with Gasteiger partial charge in [0.05, 0.1) is 32.3 Å². The van der Waals surface area contributed by atoms with Gasteiger partial charge in [-0.05, 0) is 117 Å². The molecule has 9 heteroatoms. The molecule has 4 atom stereocenters. The van der Waals surface area contributed by atoms with Crippen LogP contribution in [-0.2, 0) is 17.6 Å². The van der Waals surface area contributed by atoms with E-state index in [2.05, 4.69) is 19.9 Å². The molecular formula is C42H51F2NO6. The second-order valence-corrected chi connectivity index (χ2v) is 14.6. The molecule has 0 spiro atoms. The van der Waals surface area contributed by atoms with Crippen molar-refractivity contribution in [2.75, 3.05) is 27.3 Å². The van der Waals surface area contributed by atoms with Crippen LogP contribution in [0.4, 0.5) is 8.78 Å². The molecular weight excluding hydrogens is 652 g/mol. The summed E-state index contributed by atoms with van der Waals surface area (Å²) in [6.45, 7) is 6.71. The molecule has 4 unspecified atom stereocenters. The first-order chi connectivity index (χ1) is 24.3. The van der Waals surface area contributed by atoms with Gasteiger partial charge in [-0.2, -0.15) is 0 Å². The number of hydrogen-bond acceptors (Lipinski definition) is 6. The second kappa shape index (κ2) is 16.1. The number of nitrogens with zero attached hydrogens (tertiary/aromatic N) is 1. The van der Waals surface area contributed by atoms with Crippen molar-refractivity contribution in [3.63, 3.8) is 0 Å². The summed E-state index contributed by atoms with van der Waals surface area (Å²) in [6.07, 6.45) is 6.18. The van der Waals surface area contributed by atoms with Gasteiger partial charge in [0.15, 0.2) is 28.9 Å². The minimum absolute atomic E-state index is 0.0253. The maximum Gasteiger partial charge on any atom is 0.227 e. The summed E-state index contributed by atoms with van der Waals surface area (Å²) < 4.78 is 39.1. The monoisotopic (exact) mass is 703 g/mol. The number of benzene rings is 3. The van der Waals surface area contributed by atoms with E-state index in [0.717, 1.165) is 34.4 Å². The van der Waals surface area contributed by atoms with Gasteiger partial charge in [0.1, 0.15) is 0 Å². The van der Waals surface area contributed by atoms with Crippen LogP contribution in [-0.4, -0.2) is 65.8 Å². The highest BCUT2D eigenvalue weighted by molar-refractivity contribution is 6.10. The van der Waals surface area contributed by atoms with Gasteiger partial charge in [0, 0.05) is 29.6 Å². The summed E-state index contributed by atoms with van der Waals surface area (Å²) in [6, 6.07) is 14.2. The van der Waals surface area contributed by atoms with Gasteiger partial charge in [0.25, 0.3) is 0 Å². The Bertz CT molecular complexity index is 1770. The highest BCUT2D eigenvalue weighted by Crippen LogP contribution is 2.59. The molecule has 1 fully saturated rings. The number of hydrogen-bond donors (Lipinski definition) is 2. The minimum Gasteiger partial charge on any atom is -0.493 e. The van der Waals surface area contributed by atoms with E-state index in [1.165, 1.54) is 6.07 Å². The van der Waals surface area contributed by atoms with Gasteiger partial charge < -0.3 is 24.6 Å². The molecule has 3 aromatic rings. The van der Waals surface area contributed by atoms with Crippen molar-refractivity contribution >= 4 is 11.7 Å². The maximum atomic E-state index is 14.4. The molecule has 0 aliphatic heterocycles. The fourth-order valence-corrected chi connectivity index (χ4v) is 8.14.